The van der Waals surface area contributed by atoms with Gasteiger partial charge in [-0.25, -0.2) is 0 Å². The Bertz CT molecular complexity index is 367. The zero-order chi connectivity index (χ0) is 10.6. The monoisotopic (exact) mass is 217 g/mol. The molecule has 1 aromatic rings. The maximum Gasteiger partial charge on any atom is 1.00 e. The summed E-state index contributed by atoms with van der Waals surface area (Å²) < 4.78 is 0. The number of benzene rings is 1. The first kappa shape index (κ1) is 14.0. The number of aromatic hydroxyl groups is 1. The number of phenolic OH excluding ortho intramolecular Hbond substituents is 1. The first-order valence-corrected chi connectivity index (χ1v) is 3.87. The van der Waals surface area contributed by atoms with Gasteiger partial charge in [0.15, 0.2) is 0 Å². The van der Waals surface area contributed by atoms with Gasteiger partial charge in [0.05, 0.1) is 18.1 Å². The number of carbonyl (C=O) groups is 2. The number of aliphatic carboxylic acids is 1. The van der Waals surface area contributed by atoms with Gasteiger partial charge in [-0.15, -0.1) is 0 Å². The van der Waals surface area contributed by atoms with Crippen LogP contribution in [-0.2, 0) is 4.79 Å². The standard InChI is InChI=1S/C9H9NO4.Na/c11-7-4-2-1-3-6(7)9(14)10-5-8(12)13;/h1-4,11H,5H2,(H,10,14)(H,12,13);/q;+1/p-1. The van der Waals surface area contributed by atoms with Gasteiger partial charge in [0.2, 0.25) is 0 Å². The van der Waals surface area contributed by atoms with E-state index in [-0.39, 0.29) is 40.9 Å². The summed E-state index contributed by atoms with van der Waals surface area (Å²) in [4.78, 5) is 21.2. The van der Waals surface area contributed by atoms with E-state index in [1.54, 1.807) is 12.1 Å². The molecule has 74 valence electrons. The Hall–Kier alpha value is -1.04. The summed E-state index contributed by atoms with van der Waals surface area (Å²) >= 11 is 0. The second-order valence-electron chi connectivity index (χ2n) is 2.57. The molecule has 1 rings (SSSR count). The summed E-state index contributed by atoms with van der Waals surface area (Å²) in [6, 6.07) is 5.85. The van der Waals surface area contributed by atoms with Crippen LogP contribution >= 0.6 is 0 Å². The normalized spacial score (nSPS) is 8.80. The van der Waals surface area contributed by atoms with Crippen LogP contribution in [0.1, 0.15) is 10.4 Å². The Morgan fingerprint density at radius 3 is 2.47 bits per heavy atom. The molecule has 2 N–H and O–H groups in total. The minimum absolute atomic E-state index is 0. The summed E-state index contributed by atoms with van der Waals surface area (Å²) in [6.45, 7) is -0.576. The van der Waals surface area contributed by atoms with E-state index in [9.17, 15) is 19.8 Å². The second-order valence-corrected chi connectivity index (χ2v) is 2.57. The third-order valence-electron chi connectivity index (χ3n) is 1.54. The Labute approximate surface area is 108 Å². The smallest absolute Gasteiger partial charge is 0.548 e. The number of carboxylic acid groups (broad SMARTS) is 1. The van der Waals surface area contributed by atoms with Crippen LogP contribution in [0.5, 0.6) is 5.75 Å². The van der Waals surface area contributed by atoms with Crippen molar-refractivity contribution in [3.63, 3.8) is 0 Å². The van der Waals surface area contributed by atoms with E-state index in [1.165, 1.54) is 12.1 Å². The van der Waals surface area contributed by atoms with Crippen molar-refractivity contribution in [1.29, 1.82) is 0 Å². The molecule has 0 fully saturated rings. The van der Waals surface area contributed by atoms with Gasteiger partial charge in [0.1, 0.15) is 5.75 Å². The van der Waals surface area contributed by atoms with Gasteiger partial charge in [0, 0.05) is 0 Å². The molecule has 0 saturated heterocycles. The van der Waals surface area contributed by atoms with Crippen LogP contribution in [0.25, 0.3) is 0 Å². The molecule has 0 atom stereocenters. The predicted molar refractivity (Wildman–Crippen MR) is 45.4 cm³/mol. The predicted octanol–water partition coefficient (Wildman–Crippen LogP) is -4.12. The summed E-state index contributed by atoms with van der Waals surface area (Å²) in [5, 5.41) is 21.3. The first-order chi connectivity index (χ1) is 6.61. The molecular formula is C9H8NNaO4. The molecule has 6 heteroatoms. The minimum Gasteiger partial charge on any atom is -0.548 e. The van der Waals surface area contributed by atoms with E-state index in [0.717, 1.165) is 0 Å². The number of amides is 1. The van der Waals surface area contributed by atoms with Crippen LogP contribution in [0.2, 0.25) is 0 Å². The Kier molecular flexibility index (Phi) is 6.00. The van der Waals surface area contributed by atoms with Gasteiger partial charge in [-0.05, 0) is 12.1 Å². The second kappa shape index (κ2) is 6.44. The number of carbonyl (C=O) groups excluding carboxylic acids is 2. The zero-order valence-electron chi connectivity index (χ0n) is 8.19. The van der Waals surface area contributed by atoms with Crippen LogP contribution in [-0.4, -0.2) is 23.5 Å². The maximum atomic E-state index is 11.2. The fourth-order valence-electron chi connectivity index (χ4n) is 0.913. The van der Waals surface area contributed by atoms with E-state index in [4.69, 9.17) is 0 Å². The third kappa shape index (κ3) is 4.33. The molecule has 0 aliphatic carbocycles. The van der Waals surface area contributed by atoms with Gasteiger partial charge in [-0.1, -0.05) is 12.1 Å². The SMILES string of the molecule is O=C([O-])CNC(=O)c1ccccc1O.[Na+]. The number of phenols is 1. The Balaban J connectivity index is 0.00000196. The molecule has 0 spiro atoms. The molecule has 0 heterocycles. The summed E-state index contributed by atoms with van der Waals surface area (Å²) in [5.74, 6) is -2.22. The number of hydrogen-bond acceptors (Lipinski definition) is 4. The van der Waals surface area contributed by atoms with Crippen molar-refractivity contribution >= 4 is 11.9 Å². The third-order valence-corrected chi connectivity index (χ3v) is 1.54. The quantitative estimate of drug-likeness (QED) is 0.503. The van der Waals surface area contributed by atoms with E-state index in [0.29, 0.717) is 0 Å². The Morgan fingerprint density at radius 1 is 1.33 bits per heavy atom. The number of para-hydroxylation sites is 1. The average Bonchev–Trinajstić information content (AvgIpc) is 2.15. The van der Waals surface area contributed by atoms with E-state index in [2.05, 4.69) is 5.32 Å². The fourth-order valence-corrected chi connectivity index (χ4v) is 0.913. The molecular weight excluding hydrogens is 209 g/mol. The first-order valence-electron chi connectivity index (χ1n) is 3.87. The van der Waals surface area contributed by atoms with Crippen LogP contribution in [0.4, 0.5) is 0 Å². The van der Waals surface area contributed by atoms with Crippen molar-refractivity contribution in [2.24, 2.45) is 0 Å². The summed E-state index contributed by atoms with van der Waals surface area (Å²) in [5.41, 5.74) is 0.0359. The molecule has 0 saturated carbocycles. The average molecular weight is 217 g/mol. The zero-order valence-corrected chi connectivity index (χ0v) is 10.2. The minimum atomic E-state index is -1.38. The fraction of sp³-hybridized carbons (Fsp3) is 0.111. The van der Waals surface area contributed by atoms with E-state index in [1.807, 2.05) is 0 Å². The van der Waals surface area contributed by atoms with Crippen molar-refractivity contribution in [1.82, 2.24) is 5.32 Å². The van der Waals surface area contributed by atoms with Gasteiger partial charge < -0.3 is 20.3 Å². The van der Waals surface area contributed by atoms with Crippen molar-refractivity contribution in [2.75, 3.05) is 6.54 Å². The molecule has 0 unspecified atom stereocenters. The van der Waals surface area contributed by atoms with Gasteiger partial charge >= 0.3 is 29.6 Å². The molecule has 0 bridgehead atoms. The van der Waals surface area contributed by atoms with E-state index >= 15 is 0 Å². The number of rotatable bonds is 3. The van der Waals surface area contributed by atoms with Crippen molar-refractivity contribution < 1.29 is 49.4 Å². The molecule has 0 aliphatic heterocycles. The Morgan fingerprint density at radius 2 is 1.93 bits per heavy atom. The number of carboxylic acids is 1. The van der Waals surface area contributed by atoms with Gasteiger partial charge in [0.25, 0.3) is 5.91 Å². The topological polar surface area (TPSA) is 89.5 Å². The number of nitrogens with one attached hydrogen (secondary N) is 1. The molecule has 1 aromatic carbocycles. The van der Waals surface area contributed by atoms with Crippen LogP contribution in [0.3, 0.4) is 0 Å². The van der Waals surface area contributed by atoms with Crippen molar-refractivity contribution in [3.8, 4) is 5.75 Å². The van der Waals surface area contributed by atoms with E-state index < -0.39 is 18.4 Å². The largest absolute Gasteiger partial charge is 1.00 e. The van der Waals surface area contributed by atoms with Crippen molar-refractivity contribution in [3.05, 3.63) is 29.8 Å². The molecule has 1 amide bonds. The summed E-state index contributed by atoms with van der Waals surface area (Å²) in [6.07, 6.45) is 0. The van der Waals surface area contributed by atoms with Crippen LogP contribution in [0.15, 0.2) is 24.3 Å². The van der Waals surface area contributed by atoms with Crippen molar-refractivity contribution in [2.45, 2.75) is 0 Å². The molecule has 5 nitrogen and oxygen atoms in total. The van der Waals surface area contributed by atoms with Crippen LogP contribution in [0, 0.1) is 0 Å². The maximum absolute atomic E-state index is 11.2. The summed E-state index contributed by atoms with van der Waals surface area (Å²) in [7, 11) is 0. The molecule has 15 heavy (non-hydrogen) atoms. The molecule has 0 aromatic heterocycles. The van der Waals surface area contributed by atoms with Crippen LogP contribution < -0.4 is 40.0 Å². The van der Waals surface area contributed by atoms with Gasteiger partial charge in [-0.2, -0.15) is 0 Å². The van der Waals surface area contributed by atoms with Gasteiger partial charge in [-0.3, -0.25) is 4.79 Å². The molecule has 0 aliphatic rings. The molecule has 0 radical (unpaired) electrons. The number of hydrogen-bond donors (Lipinski definition) is 2.